The Bertz CT molecular complexity index is 671. The third kappa shape index (κ3) is 2.65. The van der Waals surface area contributed by atoms with Gasteiger partial charge in [-0.15, -0.1) is 0 Å². The summed E-state index contributed by atoms with van der Waals surface area (Å²) in [6.07, 6.45) is -4.20. The van der Waals surface area contributed by atoms with Crippen molar-refractivity contribution in [2.75, 3.05) is 0 Å². The quantitative estimate of drug-likeness (QED) is 0.623. The van der Waals surface area contributed by atoms with E-state index in [1.165, 1.54) is 25.1 Å². The van der Waals surface area contributed by atoms with E-state index in [1.807, 2.05) is 0 Å². The summed E-state index contributed by atoms with van der Waals surface area (Å²) in [6.45, 7) is 1.49. The van der Waals surface area contributed by atoms with Gasteiger partial charge in [-0.25, -0.2) is 9.97 Å². The zero-order chi connectivity index (χ0) is 14.9. The van der Waals surface area contributed by atoms with Gasteiger partial charge in [-0.3, -0.25) is 4.79 Å². The van der Waals surface area contributed by atoms with Crippen molar-refractivity contribution in [3.8, 4) is 11.3 Å². The molecule has 0 fully saturated rings. The highest BCUT2D eigenvalue weighted by Gasteiger charge is 2.34. The number of halogens is 4. The largest absolute Gasteiger partial charge is 0.417 e. The second-order valence-corrected chi connectivity index (χ2v) is 4.34. The first-order valence-corrected chi connectivity index (χ1v) is 5.88. The molecule has 104 valence electrons. The molecular weight excluding hydrogens is 293 g/mol. The number of aryl methyl sites for hydroxylation is 1. The van der Waals surface area contributed by atoms with Crippen LogP contribution < -0.4 is 0 Å². The van der Waals surface area contributed by atoms with Crippen molar-refractivity contribution in [3.63, 3.8) is 0 Å². The van der Waals surface area contributed by atoms with Crippen LogP contribution in [0.4, 0.5) is 13.2 Å². The summed E-state index contributed by atoms with van der Waals surface area (Å²) in [6, 6.07) is 4.87. The van der Waals surface area contributed by atoms with Gasteiger partial charge in [0, 0.05) is 5.56 Å². The monoisotopic (exact) mass is 300 g/mol. The van der Waals surface area contributed by atoms with Gasteiger partial charge in [-0.2, -0.15) is 13.2 Å². The highest BCUT2D eigenvalue weighted by Crippen LogP contribution is 2.37. The van der Waals surface area contributed by atoms with Crippen LogP contribution in [0, 0.1) is 6.92 Å². The van der Waals surface area contributed by atoms with E-state index >= 15 is 0 Å². The molecule has 0 saturated heterocycles. The van der Waals surface area contributed by atoms with Crippen LogP contribution in [0.3, 0.4) is 0 Å². The molecule has 0 spiro atoms. The molecule has 0 saturated carbocycles. The Morgan fingerprint density at radius 1 is 1.20 bits per heavy atom. The van der Waals surface area contributed by atoms with Crippen molar-refractivity contribution in [1.29, 1.82) is 0 Å². The van der Waals surface area contributed by atoms with Crippen LogP contribution in [0.2, 0.25) is 5.15 Å². The Balaban J connectivity index is 2.79. The second-order valence-electron chi connectivity index (χ2n) is 3.99. The van der Waals surface area contributed by atoms with Crippen molar-refractivity contribution in [1.82, 2.24) is 9.97 Å². The normalized spacial score (nSPS) is 11.4. The second kappa shape index (κ2) is 5.20. The molecule has 1 heterocycles. The van der Waals surface area contributed by atoms with E-state index in [-0.39, 0.29) is 27.8 Å². The van der Waals surface area contributed by atoms with Crippen LogP contribution in [0.15, 0.2) is 24.3 Å². The van der Waals surface area contributed by atoms with E-state index in [1.54, 1.807) is 0 Å². The number of benzene rings is 1. The lowest BCUT2D eigenvalue weighted by Gasteiger charge is -2.14. The minimum absolute atomic E-state index is 0.120. The first-order valence-electron chi connectivity index (χ1n) is 5.50. The zero-order valence-corrected chi connectivity index (χ0v) is 11.0. The molecule has 7 heteroatoms. The predicted octanol–water partition coefficient (Wildman–Crippen LogP) is 3.94. The number of carbonyl (C=O) groups is 1. The van der Waals surface area contributed by atoms with Gasteiger partial charge >= 0.3 is 6.18 Å². The number of rotatable bonds is 2. The maximum Gasteiger partial charge on any atom is 0.417 e. The van der Waals surface area contributed by atoms with E-state index < -0.39 is 11.7 Å². The standard InChI is InChI=1S/C13H8ClF3N2O/c1-7-18-11(9(6-20)12(14)19-7)8-4-2-3-5-10(8)13(15,16)17/h2-6H,1H3. The first-order chi connectivity index (χ1) is 9.34. The lowest BCUT2D eigenvalue weighted by atomic mass is 10.0. The zero-order valence-electron chi connectivity index (χ0n) is 10.2. The Morgan fingerprint density at radius 3 is 2.45 bits per heavy atom. The van der Waals surface area contributed by atoms with Gasteiger partial charge in [-0.05, 0) is 13.0 Å². The summed E-state index contributed by atoms with van der Waals surface area (Å²) < 4.78 is 39.0. The third-order valence-corrected chi connectivity index (χ3v) is 2.90. The first kappa shape index (κ1) is 14.5. The smallest absolute Gasteiger partial charge is 0.298 e. The summed E-state index contributed by atoms with van der Waals surface area (Å²) in [7, 11) is 0. The molecule has 0 bridgehead atoms. The van der Waals surface area contributed by atoms with Gasteiger partial charge in [0.05, 0.1) is 16.8 Å². The molecule has 3 nitrogen and oxygen atoms in total. The molecular formula is C13H8ClF3N2O. The SMILES string of the molecule is Cc1nc(Cl)c(C=O)c(-c2ccccc2C(F)(F)F)n1. The minimum atomic E-state index is -4.55. The van der Waals surface area contributed by atoms with Crippen molar-refractivity contribution in [2.45, 2.75) is 13.1 Å². The topological polar surface area (TPSA) is 42.9 Å². The molecule has 2 aromatic rings. The Morgan fingerprint density at radius 2 is 1.85 bits per heavy atom. The van der Waals surface area contributed by atoms with Gasteiger partial charge in [-0.1, -0.05) is 29.8 Å². The number of alkyl halides is 3. The predicted molar refractivity (Wildman–Crippen MR) is 67.6 cm³/mol. The van der Waals surface area contributed by atoms with Gasteiger partial charge in [0.1, 0.15) is 11.0 Å². The molecule has 0 N–H and O–H groups in total. The molecule has 20 heavy (non-hydrogen) atoms. The maximum atomic E-state index is 13.0. The highest BCUT2D eigenvalue weighted by atomic mass is 35.5. The third-order valence-electron chi connectivity index (χ3n) is 2.62. The van der Waals surface area contributed by atoms with Gasteiger partial charge < -0.3 is 0 Å². The van der Waals surface area contributed by atoms with Crippen LogP contribution in [0.25, 0.3) is 11.3 Å². The molecule has 0 atom stereocenters. The number of aldehydes is 1. The fourth-order valence-corrected chi connectivity index (χ4v) is 2.05. The van der Waals surface area contributed by atoms with Crippen LogP contribution in [-0.4, -0.2) is 16.3 Å². The van der Waals surface area contributed by atoms with Crippen molar-refractivity contribution < 1.29 is 18.0 Å². The Hall–Kier alpha value is -1.95. The average Bonchev–Trinajstić information content (AvgIpc) is 2.37. The Kier molecular flexibility index (Phi) is 3.76. The maximum absolute atomic E-state index is 13.0. The molecule has 0 aliphatic heterocycles. The summed E-state index contributed by atoms with van der Waals surface area (Å²) >= 11 is 5.79. The van der Waals surface area contributed by atoms with Crippen LogP contribution in [-0.2, 0) is 6.18 Å². The highest BCUT2D eigenvalue weighted by molar-refractivity contribution is 6.32. The number of hydrogen-bond donors (Lipinski definition) is 0. The lowest BCUT2D eigenvalue weighted by Crippen LogP contribution is -2.09. The number of nitrogens with zero attached hydrogens (tertiary/aromatic N) is 2. The van der Waals surface area contributed by atoms with Crippen LogP contribution in [0.5, 0.6) is 0 Å². The molecule has 2 rings (SSSR count). The van der Waals surface area contributed by atoms with E-state index in [0.29, 0.717) is 6.29 Å². The number of carbonyl (C=O) groups excluding carboxylic acids is 1. The van der Waals surface area contributed by atoms with Crippen LogP contribution in [0.1, 0.15) is 21.7 Å². The number of hydrogen-bond acceptors (Lipinski definition) is 3. The molecule has 0 unspecified atom stereocenters. The van der Waals surface area contributed by atoms with Crippen molar-refractivity contribution >= 4 is 17.9 Å². The van der Waals surface area contributed by atoms with Crippen molar-refractivity contribution in [2.24, 2.45) is 0 Å². The molecule has 0 radical (unpaired) electrons. The van der Waals surface area contributed by atoms with Gasteiger partial charge in [0.15, 0.2) is 6.29 Å². The van der Waals surface area contributed by atoms with E-state index in [9.17, 15) is 18.0 Å². The molecule has 0 aliphatic carbocycles. The summed E-state index contributed by atoms with van der Waals surface area (Å²) in [5.41, 5.74) is -1.36. The van der Waals surface area contributed by atoms with E-state index in [2.05, 4.69) is 9.97 Å². The van der Waals surface area contributed by atoms with E-state index in [4.69, 9.17) is 11.6 Å². The van der Waals surface area contributed by atoms with Crippen molar-refractivity contribution in [3.05, 3.63) is 46.4 Å². The minimum Gasteiger partial charge on any atom is -0.298 e. The van der Waals surface area contributed by atoms with E-state index in [0.717, 1.165) is 6.07 Å². The molecule has 1 aromatic carbocycles. The Labute approximate surface area is 117 Å². The summed E-state index contributed by atoms with van der Waals surface area (Å²) in [5.74, 6) is 0.188. The van der Waals surface area contributed by atoms with Gasteiger partial charge in [0.2, 0.25) is 0 Å². The summed E-state index contributed by atoms with van der Waals surface area (Å²) in [4.78, 5) is 18.7. The molecule has 0 amide bonds. The summed E-state index contributed by atoms with van der Waals surface area (Å²) in [5, 5.41) is -0.167. The van der Waals surface area contributed by atoms with Crippen LogP contribution >= 0.6 is 11.6 Å². The molecule has 1 aromatic heterocycles. The fraction of sp³-hybridized carbons (Fsp3) is 0.154. The fourth-order valence-electron chi connectivity index (χ4n) is 1.79. The number of aromatic nitrogens is 2. The average molecular weight is 301 g/mol. The van der Waals surface area contributed by atoms with Gasteiger partial charge in [0.25, 0.3) is 0 Å². The lowest BCUT2D eigenvalue weighted by molar-refractivity contribution is -0.137. The molecule has 0 aliphatic rings.